The van der Waals surface area contributed by atoms with Crippen LogP contribution in [0.2, 0.25) is 0 Å². The lowest BCUT2D eigenvalue weighted by Crippen LogP contribution is -2.14. The molecular weight excluding hydrogens is 374 g/mol. The lowest BCUT2D eigenvalue weighted by Gasteiger charge is -2.13. The number of carbonyl (C=O) groups excluding carboxylic acids is 1. The second-order valence-corrected chi connectivity index (χ2v) is 8.28. The summed E-state index contributed by atoms with van der Waals surface area (Å²) in [5.41, 5.74) is 4.28. The van der Waals surface area contributed by atoms with Gasteiger partial charge in [-0.2, -0.15) is 0 Å². The minimum Gasteiger partial charge on any atom is -0.325 e. The molecule has 0 aliphatic rings. The molecule has 2 N–H and O–H groups in total. The van der Waals surface area contributed by atoms with Crippen LogP contribution in [0.4, 0.5) is 11.4 Å². The summed E-state index contributed by atoms with van der Waals surface area (Å²) in [4.78, 5) is 15.6. The summed E-state index contributed by atoms with van der Waals surface area (Å²) in [5, 5.41) is 2.69. The van der Waals surface area contributed by atoms with Crippen LogP contribution in [0.5, 0.6) is 0 Å². The van der Waals surface area contributed by atoms with Crippen molar-refractivity contribution in [3.63, 3.8) is 0 Å². The maximum Gasteiger partial charge on any atom is 0.261 e. The average Bonchev–Trinajstić information content (AvgIpc) is 2.63. The van der Waals surface area contributed by atoms with Crippen molar-refractivity contribution in [3.05, 3.63) is 72.1 Å². The Morgan fingerprint density at radius 3 is 2.46 bits per heavy atom. The molecule has 0 aliphatic carbocycles. The Kier molecular flexibility index (Phi) is 5.46. The highest BCUT2D eigenvalue weighted by Crippen LogP contribution is 2.28. The van der Waals surface area contributed by atoms with Gasteiger partial charge in [0.2, 0.25) is 5.91 Å². The number of aryl methyl sites for hydroxylation is 2. The van der Waals surface area contributed by atoms with Crippen LogP contribution >= 0.6 is 0 Å². The molecule has 0 radical (unpaired) electrons. The van der Waals surface area contributed by atoms with E-state index >= 15 is 0 Å². The number of anilines is 2. The molecular formula is C21H21N3O3S. The molecule has 28 heavy (non-hydrogen) atoms. The van der Waals surface area contributed by atoms with E-state index in [1.807, 2.05) is 32.0 Å². The van der Waals surface area contributed by atoms with Crippen molar-refractivity contribution in [1.82, 2.24) is 4.98 Å². The molecule has 1 amide bonds. The van der Waals surface area contributed by atoms with Gasteiger partial charge in [-0.15, -0.1) is 0 Å². The fraction of sp³-hybridized carbons (Fsp3) is 0.143. The molecule has 0 spiro atoms. The third-order valence-electron chi connectivity index (χ3n) is 4.17. The number of benzene rings is 2. The van der Waals surface area contributed by atoms with Gasteiger partial charge in [0, 0.05) is 18.7 Å². The SMILES string of the molecule is CC(=O)Nc1cncc(-c2ccc(C)c(NS(=O)(=O)c3cccc(C)c3)c2)c1. The first kappa shape index (κ1) is 19.6. The van der Waals surface area contributed by atoms with Gasteiger partial charge in [0.05, 0.1) is 22.5 Å². The summed E-state index contributed by atoms with van der Waals surface area (Å²) < 4.78 is 28.2. The summed E-state index contributed by atoms with van der Waals surface area (Å²) in [6.07, 6.45) is 3.22. The molecule has 0 atom stereocenters. The Morgan fingerprint density at radius 1 is 0.964 bits per heavy atom. The normalized spacial score (nSPS) is 11.1. The van der Waals surface area contributed by atoms with Crippen molar-refractivity contribution >= 4 is 27.3 Å². The Bertz CT molecular complexity index is 1140. The number of nitrogens with one attached hydrogen (secondary N) is 2. The molecule has 0 saturated heterocycles. The molecule has 3 rings (SSSR count). The van der Waals surface area contributed by atoms with E-state index in [-0.39, 0.29) is 10.8 Å². The molecule has 2 aromatic carbocycles. The number of aromatic nitrogens is 1. The van der Waals surface area contributed by atoms with Crippen LogP contribution in [0.3, 0.4) is 0 Å². The second kappa shape index (κ2) is 7.82. The molecule has 3 aromatic rings. The highest BCUT2D eigenvalue weighted by molar-refractivity contribution is 7.92. The van der Waals surface area contributed by atoms with Gasteiger partial charge in [0.25, 0.3) is 10.0 Å². The summed E-state index contributed by atoms with van der Waals surface area (Å²) in [6.45, 7) is 5.11. The number of pyridine rings is 1. The van der Waals surface area contributed by atoms with Crippen molar-refractivity contribution in [3.8, 4) is 11.1 Å². The number of hydrogen-bond donors (Lipinski definition) is 2. The van der Waals surface area contributed by atoms with Crippen LogP contribution in [-0.4, -0.2) is 19.3 Å². The predicted molar refractivity (Wildman–Crippen MR) is 111 cm³/mol. The first-order chi connectivity index (χ1) is 13.2. The molecule has 0 aliphatic heterocycles. The van der Waals surface area contributed by atoms with Crippen molar-refractivity contribution in [2.24, 2.45) is 0 Å². The summed E-state index contributed by atoms with van der Waals surface area (Å²) in [7, 11) is -3.70. The van der Waals surface area contributed by atoms with E-state index < -0.39 is 10.0 Å². The maximum absolute atomic E-state index is 12.8. The lowest BCUT2D eigenvalue weighted by molar-refractivity contribution is -0.114. The minimum absolute atomic E-state index is 0.186. The lowest BCUT2D eigenvalue weighted by atomic mass is 10.0. The molecule has 0 bridgehead atoms. The van der Waals surface area contributed by atoms with E-state index in [0.29, 0.717) is 11.4 Å². The Labute approximate surface area is 164 Å². The fourth-order valence-electron chi connectivity index (χ4n) is 2.77. The Morgan fingerprint density at radius 2 is 1.75 bits per heavy atom. The van der Waals surface area contributed by atoms with Crippen molar-refractivity contribution in [2.45, 2.75) is 25.7 Å². The highest BCUT2D eigenvalue weighted by Gasteiger charge is 2.16. The van der Waals surface area contributed by atoms with Gasteiger partial charge in [-0.1, -0.05) is 24.3 Å². The van der Waals surface area contributed by atoms with Crippen LogP contribution in [-0.2, 0) is 14.8 Å². The second-order valence-electron chi connectivity index (χ2n) is 6.60. The van der Waals surface area contributed by atoms with E-state index in [4.69, 9.17) is 0 Å². The van der Waals surface area contributed by atoms with Gasteiger partial charge in [-0.25, -0.2) is 8.42 Å². The first-order valence-electron chi connectivity index (χ1n) is 8.68. The monoisotopic (exact) mass is 395 g/mol. The molecule has 1 heterocycles. The zero-order valence-corrected chi connectivity index (χ0v) is 16.7. The molecule has 6 nitrogen and oxygen atoms in total. The number of carbonyl (C=O) groups is 1. The number of amides is 1. The third-order valence-corrected chi connectivity index (χ3v) is 5.54. The zero-order valence-electron chi connectivity index (χ0n) is 15.9. The van der Waals surface area contributed by atoms with Crippen molar-refractivity contribution in [1.29, 1.82) is 0 Å². The fourth-order valence-corrected chi connectivity index (χ4v) is 3.99. The maximum atomic E-state index is 12.8. The summed E-state index contributed by atoms with van der Waals surface area (Å²) in [6, 6.07) is 14.0. The molecule has 0 fully saturated rings. The number of hydrogen-bond acceptors (Lipinski definition) is 4. The molecule has 1 aromatic heterocycles. The van der Waals surface area contributed by atoms with E-state index in [9.17, 15) is 13.2 Å². The topological polar surface area (TPSA) is 88.2 Å². The number of sulfonamides is 1. The Balaban J connectivity index is 1.95. The van der Waals surface area contributed by atoms with E-state index in [0.717, 1.165) is 22.3 Å². The number of rotatable bonds is 5. The average molecular weight is 395 g/mol. The van der Waals surface area contributed by atoms with Crippen LogP contribution in [0.1, 0.15) is 18.1 Å². The van der Waals surface area contributed by atoms with Gasteiger partial charge in [0.1, 0.15) is 0 Å². The molecule has 144 valence electrons. The third kappa shape index (κ3) is 4.55. The smallest absolute Gasteiger partial charge is 0.261 e. The molecule has 7 heteroatoms. The van der Waals surface area contributed by atoms with Crippen molar-refractivity contribution in [2.75, 3.05) is 10.0 Å². The van der Waals surface area contributed by atoms with Gasteiger partial charge < -0.3 is 5.32 Å². The van der Waals surface area contributed by atoms with Gasteiger partial charge in [-0.3, -0.25) is 14.5 Å². The quantitative estimate of drug-likeness (QED) is 0.680. The van der Waals surface area contributed by atoms with Gasteiger partial charge >= 0.3 is 0 Å². The molecule has 0 saturated carbocycles. The van der Waals surface area contributed by atoms with Gasteiger partial charge in [-0.05, 0) is 54.8 Å². The van der Waals surface area contributed by atoms with Crippen molar-refractivity contribution < 1.29 is 13.2 Å². The molecule has 0 unspecified atom stereocenters. The van der Waals surface area contributed by atoms with E-state index in [1.165, 1.54) is 6.92 Å². The number of nitrogens with zero attached hydrogens (tertiary/aromatic N) is 1. The predicted octanol–water partition coefficient (Wildman–Crippen LogP) is 4.12. The zero-order chi connectivity index (χ0) is 20.3. The van der Waals surface area contributed by atoms with Crippen LogP contribution in [0.25, 0.3) is 11.1 Å². The largest absolute Gasteiger partial charge is 0.325 e. The first-order valence-corrected chi connectivity index (χ1v) is 10.2. The summed E-state index contributed by atoms with van der Waals surface area (Å²) >= 11 is 0. The minimum atomic E-state index is -3.70. The van der Waals surface area contributed by atoms with Crippen LogP contribution < -0.4 is 10.0 Å². The van der Waals surface area contributed by atoms with Crippen LogP contribution in [0.15, 0.2) is 65.8 Å². The summed E-state index contributed by atoms with van der Waals surface area (Å²) in [5.74, 6) is -0.186. The standard InChI is InChI=1S/C21H21N3O3S/c1-14-5-4-6-20(9-14)28(26,27)24-21-11-17(8-7-15(21)2)18-10-19(13-22-12-18)23-16(3)25/h4-13,24H,1-3H3,(H,23,25). The van der Waals surface area contributed by atoms with E-state index in [2.05, 4.69) is 15.0 Å². The van der Waals surface area contributed by atoms with Gasteiger partial charge in [0.15, 0.2) is 0 Å². The van der Waals surface area contributed by atoms with Crippen LogP contribution in [0, 0.1) is 13.8 Å². The Hall–Kier alpha value is -3.19. The highest BCUT2D eigenvalue weighted by atomic mass is 32.2. The van der Waals surface area contributed by atoms with E-state index in [1.54, 1.807) is 42.7 Å².